The standard InChI is InChI=1S/C13H17BrN2O2/c1-3-7-15-12(17)8-16-13(18)10-5-4-6-11(14)9(10)2/h4-6H,3,7-8H2,1-2H3,(H,15,17)(H,16,18). The van der Waals surface area contributed by atoms with Crippen molar-refractivity contribution in [1.82, 2.24) is 10.6 Å². The Labute approximate surface area is 115 Å². The van der Waals surface area contributed by atoms with Gasteiger partial charge in [0.05, 0.1) is 6.54 Å². The first kappa shape index (κ1) is 14.7. The fraction of sp³-hybridized carbons (Fsp3) is 0.385. The van der Waals surface area contributed by atoms with E-state index in [1.807, 2.05) is 19.9 Å². The molecule has 0 spiro atoms. The van der Waals surface area contributed by atoms with Crippen molar-refractivity contribution in [2.45, 2.75) is 20.3 Å². The second-order valence-electron chi connectivity index (χ2n) is 3.95. The predicted octanol–water partition coefficient (Wildman–Crippen LogP) is 2.01. The van der Waals surface area contributed by atoms with Gasteiger partial charge in [0.25, 0.3) is 5.91 Å². The topological polar surface area (TPSA) is 58.2 Å². The molecule has 0 atom stereocenters. The summed E-state index contributed by atoms with van der Waals surface area (Å²) in [7, 11) is 0. The molecule has 98 valence electrons. The maximum atomic E-state index is 11.9. The van der Waals surface area contributed by atoms with Gasteiger partial charge in [-0.05, 0) is 31.0 Å². The summed E-state index contributed by atoms with van der Waals surface area (Å²) in [4.78, 5) is 23.2. The van der Waals surface area contributed by atoms with Gasteiger partial charge in [0, 0.05) is 16.6 Å². The molecule has 0 saturated carbocycles. The largest absolute Gasteiger partial charge is 0.355 e. The van der Waals surface area contributed by atoms with Gasteiger partial charge in [-0.1, -0.05) is 28.9 Å². The fourth-order valence-corrected chi connectivity index (χ4v) is 1.80. The van der Waals surface area contributed by atoms with Gasteiger partial charge >= 0.3 is 0 Å². The Bertz CT molecular complexity index is 447. The highest BCUT2D eigenvalue weighted by atomic mass is 79.9. The highest BCUT2D eigenvalue weighted by Crippen LogP contribution is 2.19. The van der Waals surface area contributed by atoms with Gasteiger partial charge in [-0.15, -0.1) is 0 Å². The molecule has 2 N–H and O–H groups in total. The molecule has 0 aliphatic rings. The third-order valence-corrected chi connectivity index (χ3v) is 3.35. The van der Waals surface area contributed by atoms with Crippen LogP contribution in [0, 0.1) is 6.92 Å². The van der Waals surface area contributed by atoms with Crippen LogP contribution in [0.15, 0.2) is 22.7 Å². The molecule has 1 aromatic rings. The minimum Gasteiger partial charge on any atom is -0.355 e. The summed E-state index contributed by atoms with van der Waals surface area (Å²) in [5.74, 6) is -0.404. The van der Waals surface area contributed by atoms with E-state index in [1.165, 1.54) is 0 Å². The molecule has 18 heavy (non-hydrogen) atoms. The van der Waals surface area contributed by atoms with E-state index in [2.05, 4.69) is 26.6 Å². The lowest BCUT2D eigenvalue weighted by molar-refractivity contribution is -0.120. The summed E-state index contributed by atoms with van der Waals surface area (Å²) in [6.45, 7) is 4.47. The summed E-state index contributed by atoms with van der Waals surface area (Å²) in [5, 5.41) is 5.31. The van der Waals surface area contributed by atoms with Crippen LogP contribution < -0.4 is 10.6 Å². The zero-order valence-corrected chi connectivity index (χ0v) is 12.1. The molecule has 0 aromatic heterocycles. The quantitative estimate of drug-likeness (QED) is 0.874. The van der Waals surface area contributed by atoms with Crippen molar-refractivity contribution in [2.24, 2.45) is 0 Å². The lowest BCUT2D eigenvalue weighted by Crippen LogP contribution is -2.37. The third kappa shape index (κ3) is 4.14. The van der Waals surface area contributed by atoms with E-state index in [1.54, 1.807) is 12.1 Å². The van der Waals surface area contributed by atoms with Crippen LogP contribution in [0.3, 0.4) is 0 Å². The summed E-state index contributed by atoms with van der Waals surface area (Å²) in [6.07, 6.45) is 0.879. The molecule has 5 heteroatoms. The molecule has 0 heterocycles. The highest BCUT2D eigenvalue weighted by Gasteiger charge is 2.11. The normalized spacial score (nSPS) is 9.94. The molecule has 2 amide bonds. The molecule has 0 radical (unpaired) electrons. The molecule has 1 rings (SSSR count). The number of rotatable bonds is 5. The van der Waals surface area contributed by atoms with E-state index in [0.717, 1.165) is 16.5 Å². The molecule has 4 nitrogen and oxygen atoms in total. The van der Waals surface area contributed by atoms with Gasteiger partial charge in [-0.3, -0.25) is 9.59 Å². The van der Waals surface area contributed by atoms with Crippen LogP contribution >= 0.6 is 15.9 Å². The van der Waals surface area contributed by atoms with Crippen LogP contribution in [0.1, 0.15) is 29.3 Å². The van der Waals surface area contributed by atoms with Gasteiger partial charge in [-0.25, -0.2) is 0 Å². The SMILES string of the molecule is CCCNC(=O)CNC(=O)c1cccc(Br)c1C. The van der Waals surface area contributed by atoms with Crippen LogP contribution in [0.4, 0.5) is 0 Å². The van der Waals surface area contributed by atoms with Crippen molar-refractivity contribution in [2.75, 3.05) is 13.1 Å². The number of halogens is 1. The first-order chi connectivity index (χ1) is 8.56. The first-order valence-corrected chi connectivity index (χ1v) is 6.65. The number of nitrogens with one attached hydrogen (secondary N) is 2. The summed E-state index contributed by atoms with van der Waals surface area (Å²) >= 11 is 3.37. The Morgan fingerprint density at radius 3 is 2.67 bits per heavy atom. The van der Waals surface area contributed by atoms with Gasteiger partial charge in [-0.2, -0.15) is 0 Å². The minimum absolute atomic E-state index is 0.00475. The monoisotopic (exact) mass is 312 g/mol. The Balaban J connectivity index is 2.55. The van der Waals surface area contributed by atoms with Gasteiger partial charge < -0.3 is 10.6 Å². The second kappa shape index (κ2) is 7.16. The maximum absolute atomic E-state index is 11.9. The van der Waals surface area contributed by atoms with Crippen molar-refractivity contribution in [3.05, 3.63) is 33.8 Å². The highest BCUT2D eigenvalue weighted by molar-refractivity contribution is 9.10. The fourth-order valence-electron chi connectivity index (χ4n) is 1.44. The molecule has 0 unspecified atom stereocenters. The van der Waals surface area contributed by atoms with Crippen LogP contribution in [-0.2, 0) is 4.79 Å². The van der Waals surface area contributed by atoms with Crippen LogP contribution in [0.25, 0.3) is 0 Å². The molecular formula is C13H17BrN2O2. The first-order valence-electron chi connectivity index (χ1n) is 5.86. The van der Waals surface area contributed by atoms with E-state index < -0.39 is 0 Å². The zero-order chi connectivity index (χ0) is 13.5. The lowest BCUT2D eigenvalue weighted by atomic mass is 10.1. The van der Waals surface area contributed by atoms with Crippen molar-refractivity contribution < 1.29 is 9.59 Å². The van der Waals surface area contributed by atoms with Gasteiger partial charge in [0.15, 0.2) is 0 Å². The Hall–Kier alpha value is -1.36. The van der Waals surface area contributed by atoms with Crippen molar-refractivity contribution in [1.29, 1.82) is 0 Å². The average molecular weight is 313 g/mol. The van der Waals surface area contributed by atoms with Crippen molar-refractivity contribution >= 4 is 27.7 Å². The molecule has 0 fully saturated rings. The van der Waals surface area contributed by atoms with E-state index >= 15 is 0 Å². The smallest absolute Gasteiger partial charge is 0.252 e. The Kier molecular flexibility index (Phi) is 5.85. The average Bonchev–Trinajstić information content (AvgIpc) is 2.36. The molecule has 0 bridgehead atoms. The van der Waals surface area contributed by atoms with E-state index in [-0.39, 0.29) is 18.4 Å². The lowest BCUT2D eigenvalue weighted by Gasteiger charge is -2.09. The van der Waals surface area contributed by atoms with Crippen molar-refractivity contribution in [3.8, 4) is 0 Å². The number of carbonyl (C=O) groups is 2. The summed E-state index contributed by atoms with van der Waals surface area (Å²) in [6, 6.07) is 5.41. The van der Waals surface area contributed by atoms with Crippen molar-refractivity contribution in [3.63, 3.8) is 0 Å². The number of carbonyl (C=O) groups excluding carboxylic acids is 2. The van der Waals surface area contributed by atoms with Gasteiger partial charge in [0.2, 0.25) is 5.91 Å². The Morgan fingerprint density at radius 1 is 1.28 bits per heavy atom. The van der Waals surface area contributed by atoms with E-state index in [4.69, 9.17) is 0 Å². The third-order valence-electron chi connectivity index (χ3n) is 2.49. The number of amides is 2. The predicted molar refractivity (Wildman–Crippen MR) is 74.5 cm³/mol. The maximum Gasteiger partial charge on any atom is 0.252 e. The number of hydrogen-bond donors (Lipinski definition) is 2. The van der Waals surface area contributed by atoms with Crippen LogP contribution in [0.2, 0.25) is 0 Å². The van der Waals surface area contributed by atoms with E-state index in [0.29, 0.717) is 12.1 Å². The van der Waals surface area contributed by atoms with E-state index in [9.17, 15) is 9.59 Å². The second-order valence-corrected chi connectivity index (χ2v) is 4.80. The summed E-state index contributed by atoms with van der Waals surface area (Å²) in [5.41, 5.74) is 1.44. The Morgan fingerprint density at radius 2 is 2.00 bits per heavy atom. The molecule has 0 aliphatic carbocycles. The van der Waals surface area contributed by atoms with Gasteiger partial charge in [0.1, 0.15) is 0 Å². The molecule has 0 saturated heterocycles. The molecular weight excluding hydrogens is 296 g/mol. The molecule has 0 aliphatic heterocycles. The number of hydrogen-bond acceptors (Lipinski definition) is 2. The summed E-state index contributed by atoms with van der Waals surface area (Å²) < 4.78 is 0.880. The zero-order valence-electron chi connectivity index (χ0n) is 10.5. The number of benzene rings is 1. The van der Waals surface area contributed by atoms with Crippen LogP contribution in [-0.4, -0.2) is 24.9 Å². The molecule has 1 aromatic carbocycles. The minimum atomic E-state index is -0.236. The van der Waals surface area contributed by atoms with Crippen LogP contribution in [0.5, 0.6) is 0 Å².